The first-order chi connectivity index (χ1) is 10.8. The summed E-state index contributed by atoms with van der Waals surface area (Å²) in [6, 6.07) is 15.9. The van der Waals surface area contributed by atoms with Gasteiger partial charge in [0, 0.05) is 22.0 Å². The number of hydrogen-bond donors (Lipinski definition) is 2. The van der Waals surface area contributed by atoms with Crippen LogP contribution in [0.4, 0.5) is 10.5 Å². The number of nitrogens with two attached hydrogens (primary N) is 1. The van der Waals surface area contributed by atoms with Gasteiger partial charge in [-0.15, -0.1) is 0 Å². The minimum absolute atomic E-state index is 0.384. The number of benzene rings is 2. The normalized spacial score (nSPS) is 11.1. The first-order valence-corrected chi connectivity index (χ1v) is 8.23. The van der Waals surface area contributed by atoms with E-state index >= 15 is 0 Å². The van der Waals surface area contributed by atoms with Crippen molar-refractivity contribution in [3.05, 3.63) is 54.1 Å². The van der Waals surface area contributed by atoms with Crippen LogP contribution in [0.25, 0.3) is 0 Å². The van der Waals surface area contributed by atoms with Crippen LogP contribution in [0, 0.1) is 0 Å². The molecule has 4 nitrogen and oxygen atoms in total. The summed E-state index contributed by atoms with van der Waals surface area (Å²) in [6.07, 6.45) is -0.432. The topological polar surface area (TPSA) is 64.3 Å². The van der Waals surface area contributed by atoms with Crippen molar-refractivity contribution in [1.82, 2.24) is 5.32 Å². The fraction of sp³-hybridized carbons (Fsp3) is 0.278. The van der Waals surface area contributed by atoms with Crippen molar-refractivity contribution in [3.63, 3.8) is 0 Å². The van der Waals surface area contributed by atoms with Crippen molar-refractivity contribution < 1.29 is 9.53 Å². The van der Waals surface area contributed by atoms with E-state index in [0.29, 0.717) is 12.2 Å². The smallest absolute Gasteiger partial charge is 0.407 e. The van der Waals surface area contributed by atoms with Crippen LogP contribution in [0.5, 0.6) is 0 Å². The highest BCUT2D eigenvalue weighted by atomic mass is 32.2. The number of carbonyl (C=O) groups excluding carboxylic acids is 1. The Kier molecular flexibility index (Phi) is 5.55. The number of nitrogens with one attached hydrogen (secondary N) is 1. The largest absolute Gasteiger partial charge is 0.444 e. The standard InChI is InChI=1S/C18H22N2O2S/c1-18(2,3)22-17(21)20-12-13-9-10-16(15(19)11-13)23-14-7-5-4-6-8-14/h4-11H,12,19H2,1-3H3,(H,20,21). The molecule has 0 aliphatic rings. The molecule has 23 heavy (non-hydrogen) atoms. The van der Waals surface area contributed by atoms with Crippen molar-refractivity contribution in [3.8, 4) is 0 Å². The summed E-state index contributed by atoms with van der Waals surface area (Å²) in [5.41, 5.74) is 7.24. The van der Waals surface area contributed by atoms with Crippen LogP contribution >= 0.6 is 11.8 Å². The lowest BCUT2D eigenvalue weighted by atomic mass is 10.2. The summed E-state index contributed by atoms with van der Waals surface area (Å²) >= 11 is 1.62. The molecule has 2 rings (SSSR count). The molecule has 5 heteroatoms. The second-order valence-corrected chi connectivity index (χ2v) is 7.26. The van der Waals surface area contributed by atoms with Crippen molar-refractivity contribution >= 4 is 23.5 Å². The van der Waals surface area contributed by atoms with Gasteiger partial charge in [0.1, 0.15) is 5.60 Å². The Morgan fingerprint density at radius 1 is 1.17 bits per heavy atom. The Morgan fingerprint density at radius 2 is 1.87 bits per heavy atom. The molecule has 2 aromatic carbocycles. The summed E-state index contributed by atoms with van der Waals surface area (Å²) in [4.78, 5) is 13.8. The Bertz CT molecular complexity index is 666. The molecule has 122 valence electrons. The van der Waals surface area contributed by atoms with Gasteiger partial charge in [0.25, 0.3) is 0 Å². The van der Waals surface area contributed by atoms with Crippen molar-refractivity contribution in [1.29, 1.82) is 0 Å². The predicted octanol–water partition coefficient (Wildman–Crippen LogP) is 4.44. The molecular formula is C18H22N2O2S. The fourth-order valence-electron chi connectivity index (χ4n) is 1.90. The zero-order chi connectivity index (χ0) is 16.9. The highest BCUT2D eigenvalue weighted by molar-refractivity contribution is 7.99. The maximum atomic E-state index is 11.7. The van der Waals surface area contributed by atoms with Crippen LogP contribution in [0.15, 0.2) is 58.3 Å². The van der Waals surface area contributed by atoms with Gasteiger partial charge in [-0.3, -0.25) is 0 Å². The molecule has 0 heterocycles. The monoisotopic (exact) mass is 330 g/mol. The van der Waals surface area contributed by atoms with Crippen LogP contribution in [0.3, 0.4) is 0 Å². The Balaban J connectivity index is 1.95. The third-order valence-electron chi connectivity index (χ3n) is 2.88. The van der Waals surface area contributed by atoms with Gasteiger partial charge in [0.15, 0.2) is 0 Å². The molecule has 0 spiro atoms. The lowest BCUT2D eigenvalue weighted by molar-refractivity contribution is 0.0523. The summed E-state index contributed by atoms with van der Waals surface area (Å²) < 4.78 is 5.21. The van der Waals surface area contributed by atoms with Crippen molar-refractivity contribution in [2.24, 2.45) is 0 Å². The molecular weight excluding hydrogens is 308 g/mol. The minimum Gasteiger partial charge on any atom is -0.444 e. The number of anilines is 1. The zero-order valence-electron chi connectivity index (χ0n) is 13.6. The Morgan fingerprint density at radius 3 is 2.48 bits per heavy atom. The summed E-state index contributed by atoms with van der Waals surface area (Å²) in [5.74, 6) is 0. The average Bonchev–Trinajstić information content (AvgIpc) is 2.47. The average molecular weight is 330 g/mol. The van der Waals surface area contributed by atoms with E-state index in [9.17, 15) is 4.79 Å². The van der Waals surface area contributed by atoms with Gasteiger partial charge in [0.05, 0.1) is 0 Å². The lowest BCUT2D eigenvalue weighted by Crippen LogP contribution is -2.32. The molecule has 0 aromatic heterocycles. The first-order valence-electron chi connectivity index (χ1n) is 7.42. The number of ether oxygens (including phenoxy) is 1. The van der Waals surface area contributed by atoms with Crippen LogP contribution in [-0.4, -0.2) is 11.7 Å². The van der Waals surface area contributed by atoms with Crippen LogP contribution < -0.4 is 11.1 Å². The number of amides is 1. The van der Waals surface area contributed by atoms with Crippen molar-refractivity contribution in [2.45, 2.75) is 42.7 Å². The number of carbonyl (C=O) groups is 1. The second-order valence-electron chi connectivity index (χ2n) is 6.14. The molecule has 0 bridgehead atoms. The molecule has 1 amide bonds. The molecule has 0 fully saturated rings. The van der Waals surface area contributed by atoms with E-state index in [1.807, 2.05) is 69.3 Å². The highest BCUT2D eigenvalue weighted by Crippen LogP contribution is 2.32. The van der Waals surface area contributed by atoms with E-state index in [1.165, 1.54) is 0 Å². The Hall–Kier alpha value is -2.14. The van der Waals surface area contributed by atoms with Crippen LogP contribution in [-0.2, 0) is 11.3 Å². The first kappa shape index (κ1) is 17.2. The Labute approximate surface area is 141 Å². The van der Waals surface area contributed by atoms with E-state index in [4.69, 9.17) is 10.5 Å². The number of alkyl carbamates (subject to hydrolysis) is 1. The second kappa shape index (κ2) is 7.42. The summed E-state index contributed by atoms with van der Waals surface area (Å²) in [7, 11) is 0. The third kappa shape index (κ3) is 5.87. The molecule has 0 saturated heterocycles. The maximum absolute atomic E-state index is 11.7. The van der Waals surface area contributed by atoms with Crippen LogP contribution in [0.2, 0.25) is 0 Å². The highest BCUT2D eigenvalue weighted by Gasteiger charge is 2.15. The summed E-state index contributed by atoms with van der Waals surface area (Å²) in [6.45, 7) is 5.88. The quantitative estimate of drug-likeness (QED) is 0.813. The minimum atomic E-state index is -0.501. The van der Waals surface area contributed by atoms with Gasteiger partial charge in [0.2, 0.25) is 0 Å². The molecule has 3 N–H and O–H groups in total. The molecule has 2 aromatic rings. The van der Waals surface area contributed by atoms with E-state index < -0.39 is 11.7 Å². The number of hydrogen-bond acceptors (Lipinski definition) is 4. The molecule has 0 saturated carbocycles. The zero-order valence-corrected chi connectivity index (χ0v) is 14.4. The lowest BCUT2D eigenvalue weighted by Gasteiger charge is -2.19. The van der Waals surface area contributed by atoms with Gasteiger partial charge in [-0.2, -0.15) is 0 Å². The van der Waals surface area contributed by atoms with Crippen molar-refractivity contribution in [2.75, 3.05) is 5.73 Å². The van der Waals surface area contributed by atoms with E-state index in [0.717, 1.165) is 15.4 Å². The van der Waals surface area contributed by atoms with E-state index in [-0.39, 0.29) is 0 Å². The molecule has 0 radical (unpaired) electrons. The number of rotatable bonds is 4. The van der Waals surface area contributed by atoms with E-state index in [2.05, 4.69) is 5.32 Å². The van der Waals surface area contributed by atoms with Gasteiger partial charge in [-0.1, -0.05) is 36.0 Å². The van der Waals surface area contributed by atoms with Gasteiger partial charge in [-0.05, 0) is 50.6 Å². The molecule has 0 aliphatic carbocycles. The van der Waals surface area contributed by atoms with Crippen LogP contribution in [0.1, 0.15) is 26.3 Å². The third-order valence-corrected chi connectivity index (χ3v) is 3.98. The molecule has 0 atom stereocenters. The molecule has 0 unspecified atom stereocenters. The molecule has 0 aliphatic heterocycles. The van der Waals surface area contributed by atoms with Gasteiger partial charge < -0.3 is 15.8 Å². The number of nitrogen functional groups attached to an aromatic ring is 1. The SMILES string of the molecule is CC(C)(C)OC(=O)NCc1ccc(Sc2ccccc2)c(N)c1. The predicted molar refractivity (Wildman–Crippen MR) is 94.5 cm³/mol. The summed E-state index contributed by atoms with van der Waals surface area (Å²) in [5, 5.41) is 2.73. The fourth-order valence-corrected chi connectivity index (χ4v) is 2.76. The van der Waals surface area contributed by atoms with Gasteiger partial charge >= 0.3 is 6.09 Å². The van der Waals surface area contributed by atoms with E-state index in [1.54, 1.807) is 11.8 Å². The maximum Gasteiger partial charge on any atom is 0.407 e. The van der Waals surface area contributed by atoms with Gasteiger partial charge in [-0.25, -0.2) is 4.79 Å².